The largest absolute Gasteiger partial charge is 0.481 e. The molecule has 0 aliphatic rings. The smallest absolute Gasteiger partial charge is 0.315 e. The molecule has 0 spiro atoms. The molecule has 2 rings (SSSR count). The van der Waals surface area contributed by atoms with Crippen molar-refractivity contribution >= 4 is 16.9 Å². The van der Waals surface area contributed by atoms with Crippen LogP contribution in [0.15, 0.2) is 30.3 Å². The summed E-state index contributed by atoms with van der Waals surface area (Å²) in [6.07, 6.45) is 0.890. The summed E-state index contributed by atoms with van der Waals surface area (Å²) in [6.45, 7) is 5.43. The lowest BCUT2D eigenvalue weighted by molar-refractivity contribution is -0.142. The fourth-order valence-corrected chi connectivity index (χ4v) is 1.95. The lowest BCUT2D eigenvalue weighted by Gasteiger charge is -2.19. The summed E-state index contributed by atoms with van der Waals surface area (Å²) < 4.78 is 0. The number of hydrogen-bond donors (Lipinski definition) is 1. The van der Waals surface area contributed by atoms with Gasteiger partial charge in [-0.25, -0.2) is 0 Å². The van der Waals surface area contributed by atoms with Crippen molar-refractivity contribution in [2.45, 2.75) is 32.6 Å². The van der Waals surface area contributed by atoms with E-state index >= 15 is 0 Å². The van der Waals surface area contributed by atoms with E-state index in [2.05, 4.69) is 11.9 Å². The highest BCUT2D eigenvalue weighted by Crippen LogP contribution is 2.25. The van der Waals surface area contributed by atoms with Crippen LogP contribution in [-0.2, 0) is 16.6 Å². The zero-order chi connectivity index (χ0) is 13.3. The minimum atomic E-state index is -0.963. The SMILES string of the molecule is CCc1cccc2ccc(C(C)(C)C(=O)O)nc12. The van der Waals surface area contributed by atoms with Gasteiger partial charge in [0.1, 0.15) is 5.41 Å². The first-order chi connectivity index (χ1) is 8.46. The molecule has 0 saturated carbocycles. The third-order valence-corrected chi connectivity index (χ3v) is 3.36. The predicted molar refractivity (Wildman–Crippen MR) is 71.8 cm³/mol. The molecule has 0 unspecified atom stereocenters. The first-order valence-electron chi connectivity index (χ1n) is 6.09. The molecule has 1 heterocycles. The van der Waals surface area contributed by atoms with Crippen LogP contribution in [0.4, 0.5) is 0 Å². The van der Waals surface area contributed by atoms with Crippen molar-refractivity contribution in [3.8, 4) is 0 Å². The van der Waals surface area contributed by atoms with Gasteiger partial charge < -0.3 is 5.11 Å². The van der Waals surface area contributed by atoms with Crippen LogP contribution in [-0.4, -0.2) is 16.1 Å². The molecule has 0 atom stereocenters. The van der Waals surface area contributed by atoms with Gasteiger partial charge in [0.25, 0.3) is 0 Å². The molecule has 0 saturated heterocycles. The number of fused-ring (bicyclic) bond motifs is 1. The summed E-state index contributed by atoms with van der Waals surface area (Å²) in [6, 6.07) is 9.79. The third-order valence-electron chi connectivity index (χ3n) is 3.36. The second kappa shape index (κ2) is 4.41. The Morgan fingerprint density at radius 3 is 2.61 bits per heavy atom. The van der Waals surface area contributed by atoms with E-state index < -0.39 is 11.4 Å². The Labute approximate surface area is 106 Å². The van der Waals surface area contributed by atoms with Gasteiger partial charge in [-0.2, -0.15) is 0 Å². The fraction of sp³-hybridized carbons (Fsp3) is 0.333. The van der Waals surface area contributed by atoms with Gasteiger partial charge in [-0.05, 0) is 31.9 Å². The van der Waals surface area contributed by atoms with Crippen LogP contribution in [0, 0.1) is 0 Å². The van der Waals surface area contributed by atoms with E-state index in [9.17, 15) is 9.90 Å². The van der Waals surface area contributed by atoms with E-state index in [4.69, 9.17) is 0 Å². The first-order valence-corrected chi connectivity index (χ1v) is 6.09. The van der Waals surface area contributed by atoms with E-state index in [1.807, 2.05) is 24.3 Å². The van der Waals surface area contributed by atoms with E-state index in [1.54, 1.807) is 19.9 Å². The van der Waals surface area contributed by atoms with Gasteiger partial charge in [0, 0.05) is 5.39 Å². The average Bonchev–Trinajstić information content (AvgIpc) is 2.37. The molecule has 1 aromatic heterocycles. The van der Waals surface area contributed by atoms with Crippen molar-refractivity contribution in [1.82, 2.24) is 4.98 Å². The summed E-state index contributed by atoms with van der Waals surface area (Å²) in [4.78, 5) is 15.8. The molecule has 3 heteroatoms. The molecule has 0 bridgehead atoms. The van der Waals surface area contributed by atoms with Crippen molar-refractivity contribution in [2.75, 3.05) is 0 Å². The molecule has 0 aliphatic heterocycles. The molecule has 0 radical (unpaired) electrons. The molecule has 3 nitrogen and oxygen atoms in total. The summed E-state index contributed by atoms with van der Waals surface area (Å²) >= 11 is 0. The molecular weight excluding hydrogens is 226 g/mol. The second-order valence-electron chi connectivity index (χ2n) is 4.97. The van der Waals surface area contributed by atoms with Crippen LogP contribution in [0.5, 0.6) is 0 Å². The molecular formula is C15H17NO2. The topological polar surface area (TPSA) is 50.2 Å². The lowest BCUT2D eigenvalue weighted by atomic mass is 9.88. The van der Waals surface area contributed by atoms with E-state index in [0.717, 1.165) is 22.9 Å². The van der Waals surface area contributed by atoms with Gasteiger partial charge in [-0.15, -0.1) is 0 Å². The monoisotopic (exact) mass is 243 g/mol. The molecule has 1 N–H and O–H groups in total. The van der Waals surface area contributed by atoms with E-state index in [1.165, 1.54) is 0 Å². The summed E-state index contributed by atoms with van der Waals surface area (Å²) in [5.41, 5.74) is 1.69. The highest BCUT2D eigenvalue weighted by atomic mass is 16.4. The molecule has 0 amide bonds. The number of carbonyl (C=O) groups is 1. The van der Waals surface area contributed by atoms with Crippen LogP contribution < -0.4 is 0 Å². The van der Waals surface area contributed by atoms with Crippen LogP contribution in [0.3, 0.4) is 0 Å². The number of benzene rings is 1. The number of rotatable bonds is 3. The number of nitrogens with zero attached hydrogens (tertiary/aromatic N) is 1. The van der Waals surface area contributed by atoms with Gasteiger partial charge >= 0.3 is 5.97 Å². The Bertz CT molecular complexity index is 602. The number of aliphatic carboxylic acids is 1. The highest BCUT2D eigenvalue weighted by Gasteiger charge is 2.31. The Morgan fingerprint density at radius 1 is 1.28 bits per heavy atom. The number of aryl methyl sites for hydroxylation is 1. The van der Waals surface area contributed by atoms with Gasteiger partial charge in [0.15, 0.2) is 0 Å². The van der Waals surface area contributed by atoms with E-state index in [0.29, 0.717) is 5.69 Å². The van der Waals surface area contributed by atoms with Crippen LogP contribution in [0.25, 0.3) is 10.9 Å². The van der Waals surface area contributed by atoms with Crippen molar-refractivity contribution in [3.63, 3.8) is 0 Å². The number of para-hydroxylation sites is 1. The van der Waals surface area contributed by atoms with Crippen molar-refractivity contribution in [2.24, 2.45) is 0 Å². The molecule has 0 fully saturated rings. The number of carboxylic acid groups (broad SMARTS) is 1. The number of hydrogen-bond acceptors (Lipinski definition) is 2. The maximum atomic E-state index is 11.3. The maximum absolute atomic E-state index is 11.3. The number of aromatic nitrogens is 1. The minimum Gasteiger partial charge on any atom is -0.481 e. The molecule has 2 aromatic rings. The van der Waals surface area contributed by atoms with Gasteiger partial charge in [0.05, 0.1) is 11.2 Å². The Hall–Kier alpha value is -1.90. The minimum absolute atomic E-state index is 0.600. The lowest BCUT2D eigenvalue weighted by Crippen LogP contribution is -2.29. The fourth-order valence-electron chi connectivity index (χ4n) is 1.95. The summed E-state index contributed by atoms with van der Waals surface area (Å²) in [5.74, 6) is -0.858. The Kier molecular flexibility index (Phi) is 3.07. The third kappa shape index (κ3) is 1.96. The standard InChI is InChI=1S/C15H17NO2/c1-4-10-6-5-7-11-8-9-12(16-13(10)11)15(2,3)14(17)18/h5-9H,4H2,1-3H3,(H,17,18). The van der Waals surface area contributed by atoms with Gasteiger partial charge in [0.2, 0.25) is 0 Å². The zero-order valence-corrected chi connectivity index (χ0v) is 10.9. The zero-order valence-electron chi connectivity index (χ0n) is 10.9. The molecule has 0 aliphatic carbocycles. The second-order valence-corrected chi connectivity index (χ2v) is 4.97. The normalized spacial score (nSPS) is 11.7. The van der Waals surface area contributed by atoms with E-state index in [-0.39, 0.29) is 0 Å². The Balaban J connectivity index is 2.66. The van der Waals surface area contributed by atoms with Gasteiger partial charge in [-0.1, -0.05) is 31.2 Å². The first kappa shape index (κ1) is 12.6. The average molecular weight is 243 g/mol. The van der Waals surface area contributed by atoms with Crippen LogP contribution in [0.1, 0.15) is 32.0 Å². The van der Waals surface area contributed by atoms with Gasteiger partial charge in [-0.3, -0.25) is 9.78 Å². The summed E-state index contributed by atoms with van der Waals surface area (Å²) in [5, 5.41) is 10.3. The van der Waals surface area contributed by atoms with Crippen molar-refractivity contribution in [1.29, 1.82) is 0 Å². The number of carboxylic acids is 1. The van der Waals surface area contributed by atoms with Crippen molar-refractivity contribution in [3.05, 3.63) is 41.6 Å². The molecule has 18 heavy (non-hydrogen) atoms. The molecule has 1 aromatic carbocycles. The highest BCUT2D eigenvalue weighted by molar-refractivity contribution is 5.84. The number of pyridine rings is 1. The predicted octanol–water partition coefficient (Wildman–Crippen LogP) is 3.16. The summed E-state index contributed by atoms with van der Waals surface area (Å²) in [7, 11) is 0. The quantitative estimate of drug-likeness (QED) is 0.900. The van der Waals surface area contributed by atoms with Crippen LogP contribution >= 0.6 is 0 Å². The maximum Gasteiger partial charge on any atom is 0.315 e. The van der Waals surface area contributed by atoms with Crippen LogP contribution in [0.2, 0.25) is 0 Å². The van der Waals surface area contributed by atoms with Crippen molar-refractivity contribution < 1.29 is 9.90 Å². The Morgan fingerprint density at radius 2 is 2.00 bits per heavy atom. The molecule has 94 valence electrons.